The third-order valence-corrected chi connectivity index (χ3v) is 4.11. The van der Waals surface area contributed by atoms with Gasteiger partial charge in [0.1, 0.15) is 11.6 Å². The van der Waals surface area contributed by atoms with E-state index < -0.39 is 11.6 Å². The standard InChI is InChI=1S/C12H7BrF2OS/c13-9-3-4-17-12(9)11(16)6-7-5-8(14)1-2-10(7)15/h1-5H,6H2. The SMILES string of the molecule is O=C(Cc1cc(F)ccc1F)c1sccc1Br. The van der Waals surface area contributed by atoms with Gasteiger partial charge in [-0.3, -0.25) is 4.79 Å². The number of hydrogen-bond acceptors (Lipinski definition) is 2. The van der Waals surface area contributed by atoms with Crippen molar-refractivity contribution in [2.45, 2.75) is 6.42 Å². The van der Waals surface area contributed by atoms with E-state index in [1.54, 1.807) is 11.4 Å². The number of hydrogen-bond donors (Lipinski definition) is 0. The fraction of sp³-hybridized carbons (Fsp3) is 0.0833. The number of carbonyl (C=O) groups is 1. The molecule has 17 heavy (non-hydrogen) atoms. The Hall–Kier alpha value is -1.07. The topological polar surface area (TPSA) is 17.1 Å². The Balaban J connectivity index is 2.24. The van der Waals surface area contributed by atoms with Crippen molar-refractivity contribution in [2.24, 2.45) is 0 Å². The first-order valence-corrected chi connectivity index (χ1v) is 6.45. The molecule has 1 aromatic heterocycles. The molecule has 2 rings (SSSR count). The van der Waals surface area contributed by atoms with Crippen LogP contribution in [-0.4, -0.2) is 5.78 Å². The summed E-state index contributed by atoms with van der Waals surface area (Å²) in [5.74, 6) is -1.33. The van der Waals surface area contributed by atoms with E-state index in [0.717, 1.165) is 18.2 Å². The van der Waals surface area contributed by atoms with Gasteiger partial charge in [0.2, 0.25) is 0 Å². The summed E-state index contributed by atoms with van der Waals surface area (Å²) in [5, 5.41) is 1.76. The van der Waals surface area contributed by atoms with Gasteiger partial charge in [0, 0.05) is 10.9 Å². The first kappa shape index (κ1) is 12.4. The minimum absolute atomic E-state index is 0.0790. The maximum atomic E-state index is 13.3. The summed E-state index contributed by atoms with van der Waals surface area (Å²) >= 11 is 4.51. The Kier molecular flexibility index (Phi) is 3.69. The maximum absolute atomic E-state index is 13.3. The molecule has 0 aliphatic heterocycles. The van der Waals surface area contributed by atoms with E-state index in [1.165, 1.54) is 11.3 Å². The molecule has 0 spiro atoms. The molecule has 88 valence electrons. The Morgan fingerprint density at radius 3 is 2.71 bits per heavy atom. The summed E-state index contributed by atoms with van der Waals surface area (Å²) in [4.78, 5) is 12.4. The second-order valence-corrected chi connectivity index (χ2v) is 5.20. The largest absolute Gasteiger partial charge is 0.293 e. The lowest BCUT2D eigenvalue weighted by Crippen LogP contribution is -2.04. The van der Waals surface area contributed by atoms with Crippen LogP contribution in [-0.2, 0) is 6.42 Å². The Morgan fingerprint density at radius 1 is 1.29 bits per heavy atom. The van der Waals surface area contributed by atoms with Crippen LogP contribution in [0.1, 0.15) is 15.2 Å². The molecule has 0 amide bonds. The lowest BCUT2D eigenvalue weighted by Gasteiger charge is -2.02. The smallest absolute Gasteiger partial charge is 0.178 e. The van der Waals surface area contributed by atoms with Gasteiger partial charge in [-0.05, 0) is 51.1 Å². The number of rotatable bonds is 3. The summed E-state index contributed by atoms with van der Waals surface area (Å²) in [6.45, 7) is 0. The molecule has 0 fully saturated rings. The molecule has 1 aromatic carbocycles. The van der Waals surface area contributed by atoms with Gasteiger partial charge in [0.05, 0.1) is 4.88 Å². The molecule has 0 aliphatic carbocycles. The monoisotopic (exact) mass is 316 g/mol. The van der Waals surface area contributed by atoms with E-state index in [-0.39, 0.29) is 17.8 Å². The van der Waals surface area contributed by atoms with Gasteiger partial charge in [0.15, 0.2) is 5.78 Å². The minimum atomic E-state index is -0.563. The van der Waals surface area contributed by atoms with Crippen LogP contribution >= 0.6 is 27.3 Å². The molecule has 5 heteroatoms. The van der Waals surface area contributed by atoms with Crippen LogP contribution in [0.15, 0.2) is 34.1 Å². The molecule has 0 saturated carbocycles. The van der Waals surface area contributed by atoms with Crippen LogP contribution in [0.4, 0.5) is 8.78 Å². The summed E-state index contributed by atoms with van der Waals surface area (Å²) in [7, 11) is 0. The predicted octanol–water partition coefficient (Wildman–Crippen LogP) is 4.21. The molecule has 0 radical (unpaired) electrons. The van der Waals surface area contributed by atoms with Crippen molar-refractivity contribution in [3.05, 3.63) is 56.2 Å². The van der Waals surface area contributed by atoms with Gasteiger partial charge in [-0.25, -0.2) is 8.78 Å². The maximum Gasteiger partial charge on any atom is 0.178 e. The number of carbonyl (C=O) groups excluding carboxylic acids is 1. The van der Waals surface area contributed by atoms with E-state index in [9.17, 15) is 13.6 Å². The Morgan fingerprint density at radius 2 is 2.06 bits per heavy atom. The summed E-state index contributed by atoms with van der Waals surface area (Å²) in [6, 6.07) is 4.86. The van der Waals surface area contributed by atoms with Gasteiger partial charge < -0.3 is 0 Å². The van der Waals surface area contributed by atoms with Crippen LogP contribution in [0.2, 0.25) is 0 Å². The van der Waals surface area contributed by atoms with Gasteiger partial charge in [-0.2, -0.15) is 0 Å². The molecular formula is C12H7BrF2OS. The van der Waals surface area contributed by atoms with Gasteiger partial charge in [-0.15, -0.1) is 11.3 Å². The van der Waals surface area contributed by atoms with Crippen molar-refractivity contribution in [3.8, 4) is 0 Å². The fourth-order valence-electron chi connectivity index (χ4n) is 1.42. The normalized spacial score (nSPS) is 10.5. The van der Waals surface area contributed by atoms with Crippen LogP contribution < -0.4 is 0 Å². The average molecular weight is 317 g/mol. The van der Waals surface area contributed by atoms with Crippen LogP contribution in [0.3, 0.4) is 0 Å². The molecule has 2 aromatic rings. The van der Waals surface area contributed by atoms with Gasteiger partial charge in [0.25, 0.3) is 0 Å². The van der Waals surface area contributed by atoms with Crippen LogP contribution in [0, 0.1) is 11.6 Å². The number of thiophene rings is 1. The van der Waals surface area contributed by atoms with Crippen molar-refractivity contribution < 1.29 is 13.6 Å². The Bertz CT molecular complexity index is 565. The van der Waals surface area contributed by atoms with Crippen molar-refractivity contribution in [1.29, 1.82) is 0 Å². The fourth-order valence-corrected chi connectivity index (χ4v) is 2.96. The molecule has 0 N–H and O–H groups in total. The third-order valence-electron chi connectivity index (χ3n) is 2.23. The third kappa shape index (κ3) is 2.79. The zero-order chi connectivity index (χ0) is 12.4. The molecule has 1 nitrogen and oxygen atoms in total. The first-order valence-electron chi connectivity index (χ1n) is 4.78. The molecule has 0 aliphatic rings. The number of ketones is 1. The summed E-state index contributed by atoms with van der Waals surface area (Å²) < 4.78 is 27.0. The second-order valence-electron chi connectivity index (χ2n) is 3.43. The quantitative estimate of drug-likeness (QED) is 0.775. The second kappa shape index (κ2) is 5.06. The summed E-state index contributed by atoms with van der Waals surface area (Å²) in [5.41, 5.74) is 0.0790. The molecule has 0 unspecified atom stereocenters. The van der Waals surface area contributed by atoms with Crippen molar-refractivity contribution in [2.75, 3.05) is 0 Å². The highest BCUT2D eigenvalue weighted by molar-refractivity contribution is 9.10. The number of benzene rings is 1. The van der Waals surface area contributed by atoms with Crippen molar-refractivity contribution >= 4 is 33.0 Å². The van der Waals surface area contributed by atoms with Crippen LogP contribution in [0.5, 0.6) is 0 Å². The van der Waals surface area contributed by atoms with Crippen molar-refractivity contribution in [1.82, 2.24) is 0 Å². The molecule has 0 bridgehead atoms. The average Bonchev–Trinajstić information content (AvgIpc) is 2.70. The van der Waals surface area contributed by atoms with Crippen molar-refractivity contribution in [3.63, 3.8) is 0 Å². The zero-order valence-electron chi connectivity index (χ0n) is 8.54. The molecule has 0 saturated heterocycles. The first-order chi connectivity index (χ1) is 8.08. The number of Topliss-reactive ketones (excluding diaryl/α,β-unsaturated/α-hetero) is 1. The van der Waals surface area contributed by atoms with Crippen LogP contribution in [0.25, 0.3) is 0 Å². The Labute approximate surface area is 109 Å². The van der Waals surface area contributed by atoms with E-state index in [4.69, 9.17) is 0 Å². The highest BCUT2D eigenvalue weighted by atomic mass is 79.9. The molecule has 0 atom stereocenters. The van der Waals surface area contributed by atoms with Gasteiger partial charge in [-0.1, -0.05) is 0 Å². The van der Waals surface area contributed by atoms with Gasteiger partial charge >= 0.3 is 0 Å². The lowest BCUT2D eigenvalue weighted by atomic mass is 10.1. The zero-order valence-corrected chi connectivity index (χ0v) is 10.9. The number of halogens is 3. The highest BCUT2D eigenvalue weighted by Crippen LogP contribution is 2.24. The highest BCUT2D eigenvalue weighted by Gasteiger charge is 2.14. The van der Waals surface area contributed by atoms with E-state index >= 15 is 0 Å². The molecule has 1 heterocycles. The lowest BCUT2D eigenvalue weighted by molar-refractivity contribution is 0.0995. The van der Waals surface area contributed by atoms with E-state index in [1.807, 2.05) is 0 Å². The molecular weight excluding hydrogens is 310 g/mol. The van der Waals surface area contributed by atoms with E-state index in [0.29, 0.717) is 9.35 Å². The van der Waals surface area contributed by atoms with E-state index in [2.05, 4.69) is 15.9 Å². The minimum Gasteiger partial charge on any atom is -0.293 e. The predicted molar refractivity (Wildman–Crippen MR) is 66.4 cm³/mol. The summed E-state index contributed by atoms with van der Waals surface area (Å²) in [6.07, 6.45) is -0.136.